The normalized spacial score (nSPS) is 12.4. The molecule has 0 N–H and O–H groups in total. The van der Waals surface area contributed by atoms with E-state index in [9.17, 15) is 0 Å². The quantitative estimate of drug-likeness (QED) is 0.184. The van der Waals surface area contributed by atoms with Crippen molar-refractivity contribution >= 4 is 35.1 Å². The Kier molecular flexibility index (Phi) is 7.40. The molecule has 0 bridgehead atoms. The molecular weight excluding hydrogens is 494 g/mol. The molecule has 31 heavy (non-hydrogen) atoms. The fourth-order valence-electron chi connectivity index (χ4n) is 3.98. The minimum atomic E-state index is -2.31. The van der Waals surface area contributed by atoms with Crippen LogP contribution in [0.3, 0.4) is 0 Å². The number of hydrogen-bond acceptors (Lipinski definition) is 0. The predicted molar refractivity (Wildman–Crippen MR) is 137 cm³/mol. The molecule has 4 aromatic carbocycles. The van der Waals surface area contributed by atoms with E-state index >= 15 is 0 Å². The third-order valence-corrected chi connectivity index (χ3v) is 23.0. The molecule has 0 aliphatic carbocycles. The van der Waals surface area contributed by atoms with Gasteiger partial charge in [0.1, 0.15) is 0 Å². The summed E-state index contributed by atoms with van der Waals surface area (Å²) in [6.45, 7) is 4.28. The van der Waals surface area contributed by atoms with Crippen molar-refractivity contribution < 1.29 is 21.5 Å². The van der Waals surface area contributed by atoms with Gasteiger partial charge >= 0.3 is 202 Å². The Morgan fingerprint density at radius 3 is 1.55 bits per heavy atom. The Morgan fingerprint density at radius 2 is 1.10 bits per heavy atom. The molecule has 0 aromatic heterocycles. The molecule has 0 spiro atoms. The molecule has 0 aliphatic heterocycles. The van der Waals surface area contributed by atoms with E-state index in [0.29, 0.717) is 0 Å². The zero-order valence-corrected chi connectivity index (χ0v) is 22.1. The van der Waals surface area contributed by atoms with Gasteiger partial charge in [-0.2, -0.15) is 0 Å². The zero-order chi connectivity index (χ0) is 21.7. The molecule has 0 fully saturated rings. The van der Waals surface area contributed by atoms with E-state index in [1.54, 1.807) is 0 Å². The second kappa shape index (κ2) is 10.2. The Balaban J connectivity index is 2.05. The number of rotatable bonds is 6. The first-order valence-electron chi connectivity index (χ1n) is 10.5. The summed E-state index contributed by atoms with van der Waals surface area (Å²) in [5.41, 5.74) is 5.06. The van der Waals surface area contributed by atoms with Gasteiger partial charge in [0.05, 0.1) is 0 Å². The van der Waals surface area contributed by atoms with Crippen LogP contribution < -0.4 is 10.6 Å². The van der Waals surface area contributed by atoms with Crippen LogP contribution in [0.4, 0.5) is 0 Å². The van der Waals surface area contributed by atoms with Crippen LogP contribution in [-0.4, -0.2) is 0 Å². The van der Waals surface area contributed by atoms with Crippen LogP contribution in [0.15, 0.2) is 109 Å². The molecule has 0 nitrogen and oxygen atoms in total. The Morgan fingerprint density at radius 1 is 0.645 bits per heavy atom. The number of benzene rings is 4. The van der Waals surface area contributed by atoms with E-state index in [0.717, 1.165) is 0 Å². The number of halogens is 1. The van der Waals surface area contributed by atoms with Crippen molar-refractivity contribution in [2.24, 2.45) is 0 Å². The average Bonchev–Trinajstić information content (AvgIpc) is 2.82. The monoisotopic (exact) mass is 518 g/mol. The maximum absolute atomic E-state index is 7.15. The predicted octanol–water partition coefficient (Wildman–Crippen LogP) is 7.35. The fraction of sp³-hybridized carbons (Fsp3) is 0.0714. The van der Waals surface area contributed by atoms with Crippen LogP contribution in [0, 0.1) is 13.8 Å². The molecule has 154 valence electrons. The van der Waals surface area contributed by atoms with E-state index in [1.165, 1.54) is 38.2 Å². The third kappa shape index (κ3) is 4.86. The number of aryl methyl sites for hydroxylation is 2. The molecule has 0 radical (unpaired) electrons. The summed E-state index contributed by atoms with van der Waals surface area (Å²) in [4.78, 5) is 0. The molecule has 0 amide bonds. The molecule has 0 saturated carbocycles. The van der Waals surface area contributed by atoms with Crippen molar-refractivity contribution in [1.29, 1.82) is 0 Å². The second-order valence-electron chi connectivity index (χ2n) is 7.91. The van der Waals surface area contributed by atoms with E-state index < -0.39 is 26.0 Å². The van der Waals surface area contributed by atoms with Crippen molar-refractivity contribution in [1.82, 2.24) is 0 Å². The van der Waals surface area contributed by atoms with Gasteiger partial charge in [-0.25, -0.2) is 0 Å². The maximum atomic E-state index is 7.15. The molecular formula is C28H26ClPZr. The van der Waals surface area contributed by atoms with E-state index in [1.807, 2.05) is 0 Å². The standard InChI is InChI=1S/C28H25P.ClH.Zr/c1-22-13-17-24(18-14-22)21-28(25-19-15-23(2)16-20-25)29(26-9-5-3-6-10-26)27-11-7-4-8-12-27;;/h3-21H,1-2H3;1H;. The van der Waals surface area contributed by atoms with E-state index in [4.69, 9.17) is 8.51 Å². The number of hydrogen-bond donors (Lipinski definition) is 0. The first-order valence-corrected chi connectivity index (χ1v) is 19.3. The molecule has 0 saturated heterocycles. The van der Waals surface area contributed by atoms with Gasteiger partial charge in [-0.3, -0.25) is 0 Å². The Hall–Kier alpha value is -1.78. The van der Waals surface area contributed by atoms with Gasteiger partial charge in [-0.1, -0.05) is 0 Å². The zero-order valence-electron chi connectivity index (χ0n) is 17.8. The summed E-state index contributed by atoms with van der Waals surface area (Å²) < 4.78 is -2.31. The van der Waals surface area contributed by atoms with Crippen LogP contribution >= 0.6 is 13.1 Å². The third-order valence-electron chi connectivity index (χ3n) is 5.71. The van der Waals surface area contributed by atoms with Gasteiger partial charge in [-0.15, -0.1) is 0 Å². The Bertz CT molecular complexity index is 1110. The molecule has 0 aliphatic rings. The second-order valence-corrected chi connectivity index (χ2v) is 21.6. The van der Waals surface area contributed by atoms with Crippen LogP contribution in [0.5, 0.6) is 0 Å². The molecule has 3 heteroatoms. The topological polar surface area (TPSA) is 0 Å². The van der Waals surface area contributed by atoms with Crippen molar-refractivity contribution in [2.75, 3.05) is 0 Å². The molecule has 0 atom stereocenters. The van der Waals surface area contributed by atoms with Gasteiger partial charge < -0.3 is 0 Å². The van der Waals surface area contributed by atoms with E-state index in [-0.39, 0.29) is 0 Å². The van der Waals surface area contributed by atoms with Crippen LogP contribution in [-0.2, 0) is 21.5 Å². The Labute approximate surface area is 200 Å². The molecule has 4 aromatic rings. The summed E-state index contributed by atoms with van der Waals surface area (Å²) in [6, 6.07) is 39.8. The van der Waals surface area contributed by atoms with Gasteiger partial charge in [0.2, 0.25) is 0 Å². The molecule has 0 unspecified atom stereocenters. The van der Waals surface area contributed by atoms with Crippen molar-refractivity contribution in [2.45, 2.75) is 13.8 Å². The minimum absolute atomic E-state index is 1.23. The van der Waals surface area contributed by atoms with Crippen molar-refractivity contribution in [3.8, 4) is 0 Å². The molecule has 0 heterocycles. The first-order chi connectivity index (χ1) is 15.1. The van der Waals surface area contributed by atoms with Gasteiger partial charge in [-0.05, 0) is 0 Å². The van der Waals surface area contributed by atoms with Gasteiger partial charge in [0, 0.05) is 0 Å². The SMILES string of the molecule is Cc1ccc(C=C(c2ccc(C)cc2)[PH]([Zr][Cl])(c2ccccc2)c2ccccc2)cc1. The van der Waals surface area contributed by atoms with E-state index in [2.05, 4.69) is 129 Å². The summed E-state index contributed by atoms with van der Waals surface area (Å²) in [7, 11) is 7.15. The van der Waals surface area contributed by atoms with Crippen LogP contribution in [0.1, 0.15) is 22.3 Å². The first kappa shape index (κ1) is 22.4. The van der Waals surface area contributed by atoms with Gasteiger partial charge in [0.25, 0.3) is 0 Å². The van der Waals surface area contributed by atoms with Gasteiger partial charge in [0.15, 0.2) is 0 Å². The summed E-state index contributed by atoms with van der Waals surface area (Å²) in [6.07, 6.45) is 2.40. The molecule has 4 rings (SSSR count). The summed E-state index contributed by atoms with van der Waals surface area (Å²) >= 11 is -1.30. The average molecular weight is 520 g/mol. The summed E-state index contributed by atoms with van der Waals surface area (Å²) in [5, 5.41) is 4.22. The summed E-state index contributed by atoms with van der Waals surface area (Å²) in [5.74, 6) is 0. The van der Waals surface area contributed by atoms with Crippen LogP contribution in [0.25, 0.3) is 11.4 Å². The fourth-order valence-corrected chi connectivity index (χ4v) is 19.7. The van der Waals surface area contributed by atoms with Crippen LogP contribution in [0.2, 0.25) is 0 Å². The van der Waals surface area contributed by atoms with Crippen molar-refractivity contribution in [3.05, 3.63) is 131 Å². The van der Waals surface area contributed by atoms with Crippen molar-refractivity contribution in [3.63, 3.8) is 0 Å².